The summed E-state index contributed by atoms with van der Waals surface area (Å²) in [5.74, 6) is 2.25. The first-order valence-corrected chi connectivity index (χ1v) is 8.53. The van der Waals surface area contributed by atoms with Crippen molar-refractivity contribution in [1.82, 2.24) is 4.90 Å². The Labute approximate surface area is 131 Å². The first-order valence-electron chi connectivity index (χ1n) is 8.53. The molecule has 4 heteroatoms. The van der Waals surface area contributed by atoms with Crippen LogP contribution in [0.3, 0.4) is 0 Å². The van der Waals surface area contributed by atoms with Gasteiger partial charge in [0, 0.05) is 12.5 Å². The van der Waals surface area contributed by atoms with E-state index >= 15 is 0 Å². The van der Waals surface area contributed by atoms with Gasteiger partial charge in [0.15, 0.2) is 11.5 Å². The van der Waals surface area contributed by atoms with Crippen molar-refractivity contribution in [3.8, 4) is 11.5 Å². The van der Waals surface area contributed by atoms with E-state index in [0.29, 0.717) is 12.7 Å². The van der Waals surface area contributed by atoms with Crippen molar-refractivity contribution in [3.63, 3.8) is 0 Å². The molecule has 0 radical (unpaired) electrons. The summed E-state index contributed by atoms with van der Waals surface area (Å²) in [4.78, 5) is 15.0. The van der Waals surface area contributed by atoms with Gasteiger partial charge >= 0.3 is 0 Å². The number of hydrogen-bond donors (Lipinski definition) is 0. The third kappa shape index (κ3) is 2.44. The summed E-state index contributed by atoms with van der Waals surface area (Å²) in [6.45, 7) is 1.20. The lowest BCUT2D eigenvalue weighted by Gasteiger charge is -2.31. The molecule has 4 nitrogen and oxygen atoms in total. The van der Waals surface area contributed by atoms with E-state index in [1.165, 1.54) is 24.8 Å². The number of likely N-dealkylation sites (tertiary alicyclic amines) is 1. The number of carbonyl (C=O) groups excluding carboxylic acids is 1. The molecule has 3 aliphatic rings. The van der Waals surface area contributed by atoms with Gasteiger partial charge in [-0.05, 0) is 43.4 Å². The molecule has 0 aromatic heterocycles. The Morgan fingerprint density at radius 3 is 2.68 bits per heavy atom. The molecule has 0 unspecified atom stereocenters. The van der Waals surface area contributed by atoms with Crippen LogP contribution >= 0.6 is 0 Å². The highest BCUT2D eigenvalue weighted by Gasteiger charge is 2.34. The summed E-state index contributed by atoms with van der Waals surface area (Å²) in [5, 5.41) is 0. The number of rotatable bonds is 2. The van der Waals surface area contributed by atoms with E-state index in [1.807, 2.05) is 6.07 Å². The van der Waals surface area contributed by atoms with Gasteiger partial charge in [0.2, 0.25) is 12.7 Å². The monoisotopic (exact) mass is 301 g/mol. The lowest BCUT2D eigenvalue weighted by atomic mass is 9.88. The molecule has 2 heterocycles. The van der Waals surface area contributed by atoms with Crippen LogP contribution in [0.5, 0.6) is 11.5 Å². The van der Waals surface area contributed by atoms with Crippen LogP contribution in [0.25, 0.3) is 0 Å². The Bertz CT molecular complexity index is 565. The van der Waals surface area contributed by atoms with Crippen LogP contribution in [0.15, 0.2) is 18.2 Å². The van der Waals surface area contributed by atoms with Gasteiger partial charge in [-0.1, -0.05) is 25.3 Å². The largest absolute Gasteiger partial charge is 0.454 e. The second-order valence-electron chi connectivity index (χ2n) is 6.64. The van der Waals surface area contributed by atoms with Crippen LogP contribution in [0.1, 0.15) is 56.6 Å². The van der Waals surface area contributed by atoms with Crippen LogP contribution in [0, 0.1) is 5.92 Å². The Morgan fingerprint density at radius 2 is 1.82 bits per heavy atom. The van der Waals surface area contributed by atoms with Crippen LogP contribution in [-0.2, 0) is 4.79 Å². The van der Waals surface area contributed by atoms with Crippen molar-refractivity contribution >= 4 is 5.91 Å². The van der Waals surface area contributed by atoms with Crippen molar-refractivity contribution in [2.24, 2.45) is 5.92 Å². The highest BCUT2D eigenvalue weighted by molar-refractivity contribution is 5.79. The minimum absolute atomic E-state index is 0.212. The maximum absolute atomic E-state index is 12.9. The fourth-order valence-corrected chi connectivity index (χ4v) is 4.08. The van der Waals surface area contributed by atoms with Gasteiger partial charge in [0.05, 0.1) is 6.04 Å². The minimum Gasteiger partial charge on any atom is -0.454 e. The van der Waals surface area contributed by atoms with Gasteiger partial charge in [0.25, 0.3) is 0 Å². The summed E-state index contributed by atoms with van der Waals surface area (Å²) in [6.07, 6.45) is 8.00. The average Bonchev–Trinajstić information content (AvgIpc) is 3.23. The number of amides is 1. The average molecular weight is 301 g/mol. The summed E-state index contributed by atoms with van der Waals surface area (Å²) in [5.41, 5.74) is 1.19. The van der Waals surface area contributed by atoms with Crippen molar-refractivity contribution in [3.05, 3.63) is 23.8 Å². The van der Waals surface area contributed by atoms with E-state index in [9.17, 15) is 4.79 Å². The normalized spacial score (nSPS) is 24.7. The smallest absolute Gasteiger partial charge is 0.231 e. The van der Waals surface area contributed by atoms with Gasteiger partial charge in [-0.3, -0.25) is 4.79 Å². The number of benzene rings is 1. The predicted octanol–water partition coefficient (Wildman–Crippen LogP) is 3.66. The molecule has 0 spiro atoms. The highest BCUT2D eigenvalue weighted by Crippen LogP contribution is 2.40. The lowest BCUT2D eigenvalue weighted by molar-refractivity contribution is -0.137. The topological polar surface area (TPSA) is 38.8 Å². The van der Waals surface area contributed by atoms with E-state index in [1.54, 1.807) is 0 Å². The molecule has 1 aromatic carbocycles. The molecule has 1 amide bonds. The standard InChI is InChI=1S/C18H23NO3/c20-18(13-5-2-1-3-6-13)19-10-4-7-15(19)14-8-9-16-17(11-14)22-12-21-16/h8-9,11,13,15H,1-7,10,12H2/t15-/m0/s1. The zero-order valence-electron chi connectivity index (χ0n) is 12.9. The number of nitrogens with zero attached hydrogens (tertiary/aromatic N) is 1. The molecule has 0 N–H and O–H groups in total. The Hall–Kier alpha value is -1.71. The van der Waals surface area contributed by atoms with Crippen LogP contribution in [-0.4, -0.2) is 24.1 Å². The molecular formula is C18H23NO3. The van der Waals surface area contributed by atoms with Gasteiger partial charge in [-0.2, -0.15) is 0 Å². The van der Waals surface area contributed by atoms with E-state index in [0.717, 1.165) is 43.7 Å². The van der Waals surface area contributed by atoms with Crippen molar-refractivity contribution in [1.29, 1.82) is 0 Å². The molecule has 4 rings (SSSR count). The molecule has 1 aliphatic carbocycles. The van der Waals surface area contributed by atoms with Crippen LogP contribution in [0.4, 0.5) is 0 Å². The number of carbonyl (C=O) groups is 1. The van der Waals surface area contributed by atoms with E-state index < -0.39 is 0 Å². The Morgan fingerprint density at radius 1 is 1.00 bits per heavy atom. The fourth-order valence-electron chi connectivity index (χ4n) is 4.08. The van der Waals surface area contributed by atoms with Crippen molar-refractivity contribution in [2.45, 2.75) is 51.0 Å². The molecule has 22 heavy (non-hydrogen) atoms. The summed E-state index contributed by atoms with van der Waals surface area (Å²) in [7, 11) is 0. The van der Waals surface area contributed by atoms with E-state index in [4.69, 9.17) is 9.47 Å². The third-order valence-electron chi connectivity index (χ3n) is 5.27. The van der Waals surface area contributed by atoms with Gasteiger partial charge in [-0.25, -0.2) is 0 Å². The number of fused-ring (bicyclic) bond motifs is 1. The molecule has 1 saturated carbocycles. The zero-order chi connectivity index (χ0) is 14.9. The van der Waals surface area contributed by atoms with Crippen LogP contribution in [0.2, 0.25) is 0 Å². The summed E-state index contributed by atoms with van der Waals surface area (Å²) < 4.78 is 10.9. The molecule has 2 fully saturated rings. The molecular weight excluding hydrogens is 278 g/mol. The third-order valence-corrected chi connectivity index (χ3v) is 5.27. The van der Waals surface area contributed by atoms with Gasteiger partial charge in [0.1, 0.15) is 0 Å². The van der Waals surface area contributed by atoms with Gasteiger partial charge in [-0.15, -0.1) is 0 Å². The number of hydrogen-bond acceptors (Lipinski definition) is 3. The highest BCUT2D eigenvalue weighted by atomic mass is 16.7. The second-order valence-corrected chi connectivity index (χ2v) is 6.64. The minimum atomic E-state index is 0.212. The maximum atomic E-state index is 12.9. The summed E-state index contributed by atoms with van der Waals surface area (Å²) in [6, 6.07) is 6.33. The number of ether oxygens (including phenoxy) is 2. The first-order chi connectivity index (χ1) is 10.8. The first kappa shape index (κ1) is 13.9. The second kappa shape index (κ2) is 5.82. The fraction of sp³-hybridized carbons (Fsp3) is 0.611. The Kier molecular flexibility index (Phi) is 3.68. The zero-order valence-corrected chi connectivity index (χ0v) is 12.9. The van der Waals surface area contributed by atoms with Gasteiger partial charge < -0.3 is 14.4 Å². The lowest BCUT2D eigenvalue weighted by Crippen LogP contribution is -2.36. The molecule has 1 aromatic rings. The quantitative estimate of drug-likeness (QED) is 0.837. The molecule has 0 bridgehead atoms. The van der Waals surface area contributed by atoms with Crippen molar-refractivity contribution in [2.75, 3.05) is 13.3 Å². The van der Waals surface area contributed by atoms with Crippen molar-refractivity contribution < 1.29 is 14.3 Å². The molecule has 2 aliphatic heterocycles. The summed E-state index contributed by atoms with van der Waals surface area (Å²) >= 11 is 0. The predicted molar refractivity (Wildman–Crippen MR) is 82.8 cm³/mol. The Balaban J connectivity index is 1.54. The van der Waals surface area contributed by atoms with Crippen LogP contribution < -0.4 is 9.47 Å². The molecule has 118 valence electrons. The maximum Gasteiger partial charge on any atom is 0.231 e. The van der Waals surface area contributed by atoms with E-state index in [-0.39, 0.29) is 12.0 Å². The van der Waals surface area contributed by atoms with E-state index in [2.05, 4.69) is 17.0 Å². The molecule has 1 saturated heterocycles. The molecule has 1 atom stereocenters. The SMILES string of the molecule is O=C(C1CCCCC1)N1CCC[C@H]1c1ccc2c(c1)OCO2.